The molecule has 0 radical (unpaired) electrons. The summed E-state index contributed by atoms with van der Waals surface area (Å²) in [5.41, 5.74) is 0. The molecule has 17 heavy (non-hydrogen) atoms. The highest BCUT2D eigenvalue weighted by molar-refractivity contribution is 7.99. The smallest absolute Gasteiger partial charge is 0.117 e. The van der Waals surface area contributed by atoms with Crippen LogP contribution < -0.4 is 5.32 Å². The van der Waals surface area contributed by atoms with Crippen molar-refractivity contribution < 1.29 is 0 Å². The highest BCUT2D eigenvalue weighted by Crippen LogP contribution is 2.26. The number of nitrogens with one attached hydrogen (secondary N) is 1. The van der Waals surface area contributed by atoms with Gasteiger partial charge < -0.3 is 5.32 Å². The summed E-state index contributed by atoms with van der Waals surface area (Å²) in [7, 11) is 1.99. The van der Waals surface area contributed by atoms with Gasteiger partial charge in [-0.05, 0) is 50.3 Å². The summed E-state index contributed by atoms with van der Waals surface area (Å²) in [5, 5.41) is 14.2. The van der Waals surface area contributed by atoms with Crippen LogP contribution in [0.1, 0.15) is 29.3 Å². The second kappa shape index (κ2) is 7.34. The summed E-state index contributed by atoms with van der Waals surface area (Å²) in [6.45, 7) is 1.06. The fourth-order valence-corrected chi connectivity index (χ4v) is 4.29. The van der Waals surface area contributed by atoms with E-state index in [1.807, 2.05) is 18.4 Å². The molecule has 1 aromatic rings. The first-order valence-electron chi connectivity index (χ1n) is 6.42. The Labute approximate surface area is 112 Å². The Morgan fingerprint density at radius 2 is 2.00 bits per heavy atom. The number of thioether (sulfide) groups is 1. The molecule has 1 aliphatic rings. The topological polar surface area (TPSA) is 37.8 Å². The SMILES string of the molecule is CNCCCc1nnc(CC2CCSCC2)s1. The summed E-state index contributed by atoms with van der Waals surface area (Å²) >= 11 is 3.91. The Morgan fingerprint density at radius 3 is 2.76 bits per heavy atom. The standard InChI is InChI=1S/C12H21N3S2/c1-13-6-2-3-11-14-15-12(17-11)9-10-4-7-16-8-5-10/h10,13H,2-9H2,1H3. The van der Waals surface area contributed by atoms with Crippen LogP contribution in [0.4, 0.5) is 0 Å². The van der Waals surface area contributed by atoms with Crippen molar-refractivity contribution >= 4 is 23.1 Å². The summed E-state index contributed by atoms with van der Waals surface area (Å²) < 4.78 is 0. The number of aromatic nitrogens is 2. The molecule has 96 valence electrons. The fourth-order valence-electron chi connectivity index (χ4n) is 2.09. The van der Waals surface area contributed by atoms with Gasteiger partial charge >= 0.3 is 0 Å². The van der Waals surface area contributed by atoms with Gasteiger partial charge in [0.25, 0.3) is 0 Å². The van der Waals surface area contributed by atoms with E-state index in [9.17, 15) is 0 Å². The van der Waals surface area contributed by atoms with Crippen LogP contribution in [0.15, 0.2) is 0 Å². The molecular formula is C12H21N3S2. The minimum absolute atomic E-state index is 0.856. The molecule has 1 aromatic heterocycles. The van der Waals surface area contributed by atoms with E-state index in [1.54, 1.807) is 0 Å². The normalized spacial score (nSPS) is 17.5. The minimum Gasteiger partial charge on any atom is -0.320 e. The van der Waals surface area contributed by atoms with Gasteiger partial charge in [-0.25, -0.2) is 0 Å². The van der Waals surface area contributed by atoms with Gasteiger partial charge in [0.15, 0.2) is 0 Å². The monoisotopic (exact) mass is 271 g/mol. The Kier molecular flexibility index (Phi) is 5.74. The second-order valence-electron chi connectivity index (χ2n) is 4.56. The molecule has 1 fully saturated rings. The Morgan fingerprint density at radius 1 is 1.24 bits per heavy atom. The van der Waals surface area contributed by atoms with Crippen molar-refractivity contribution in [3.8, 4) is 0 Å². The third kappa shape index (κ3) is 4.56. The molecule has 0 aromatic carbocycles. The zero-order chi connectivity index (χ0) is 11.9. The van der Waals surface area contributed by atoms with Gasteiger partial charge in [0, 0.05) is 12.8 Å². The molecule has 1 N–H and O–H groups in total. The largest absolute Gasteiger partial charge is 0.320 e. The van der Waals surface area contributed by atoms with Crippen molar-refractivity contribution in [2.75, 3.05) is 25.1 Å². The highest BCUT2D eigenvalue weighted by atomic mass is 32.2. The molecular weight excluding hydrogens is 250 g/mol. The fraction of sp³-hybridized carbons (Fsp3) is 0.833. The summed E-state index contributed by atoms with van der Waals surface area (Å²) in [5.74, 6) is 3.52. The van der Waals surface area contributed by atoms with E-state index in [-0.39, 0.29) is 0 Å². The molecule has 2 heterocycles. The van der Waals surface area contributed by atoms with E-state index in [4.69, 9.17) is 0 Å². The number of hydrogen-bond acceptors (Lipinski definition) is 5. The lowest BCUT2D eigenvalue weighted by Gasteiger charge is -2.19. The Hall–Kier alpha value is -0.130. The molecule has 0 saturated carbocycles. The molecule has 1 aliphatic heterocycles. The number of aryl methyl sites for hydroxylation is 1. The molecule has 0 bridgehead atoms. The van der Waals surface area contributed by atoms with Gasteiger partial charge in [0.1, 0.15) is 10.0 Å². The third-order valence-electron chi connectivity index (χ3n) is 3.13. The molecule has 0 unspecified atom stereocenters. The highest BCUT2D eigenvalue weighted by Gasteiger charge is 2.16. The molecule has 0 amide bonds. The molecule has 1 saturated heterocycles. The molecule has 0 aliphatic carbocycles. The van der Waals surface area contributed by atoms with Crippen molar-refractivity contribution in [1.29, 1.82) is 0 Å². The number of hydrogen-bond donors (Lipinski definition) is 1. The Balaban J connectivity index is 1.76. The second-order valence-corrected chi connectivity index (χ2v) is 6.93. The molecule has 0 spiro atoms. The number of rotatable bonds is 6. The summed E-state index contributed by atoms with van der Waals surface area (Å²) in [6.07, 6.45) is 6.10. The first-order chi connectivity index (χ1) is 8.38. The van der Waals surface area contributed by atoms with Crippen LogP contribution in [0, 0.1) is 5.92 Å². The van der Waals surface area contributed by atoms with Crippen LogP contribution in [0.3, 0.4) is 0 Å². The lowest BCUT2D eigenvalue weighted by molar-refractivity contribution is 0.485. The van der Waals surface area contributed by atoms with Crippen molar-refractivity contribution in [1.82, 2.24) is 15.5 Å². The third-order valence-corrected chi connectivity index (χ3v) is 5.18. The van der Waals surface area contributed by atoms with Gasteiger partial charge in [0.05, 0.1) is 0 Å². The lowest BCUT2D eigenvalue weighted by Crippen LogP contribution is -2.11. The maximum absolute atomic E-state index is 4.33. The zero-order valence-corrected chi connectivity index (χ0v) is 12.1. The van der Waals surface area contributed by atoms with Crippen LogP contribution in [0.25, 0.3) is 0 Å². The van der Waals surface area contributed by atoms with Crippen molar-refractivity contribution in [3.05, 3.63) is 10.0 Å². The molecule has 5 heteroatoms. The number of nitrogens with zero attached hydrogens (tertiary/aromatic N) is 2. The van der Waals surface area contributed by atoms with Crippen molar-refractivity contribution in [2.45, 2.75) is 32.1 Å². The van der Waals surface area contributed by atoms with Crippen LogP contribution in [-0.2, 0) is 12.8 Å². The van der Waals surface area contributed by atoms with Crippen LogP contribution in [0.5, 0.6) is 0 Å². The van der Waals surface area contributed by atoms with Gasteiger partial charge in [0.2, 0.25) is 0 Å². The first kappa shape index (κ1) is 13.3. The van der Waals surface area contributed by atoms with Gasteiger partial charge in [-0.15, -0.1) is 21.5 Å². The maximum Gasteiger partial charge on any atom is 0.117 e. The first-order valence-corrected chi connectivity index (χ1v) is 8.39. The van der Waals surface area contributed by atoms with Crippen LogP contribution in [0.2, 0.25) is 0 Å². The van der Waals surface area contributed by atoms with Gasteiger partial charge in [-0.1, -0.05) is 0 Å². The van der Waals surface area contributed by atoms with Crippen molar-refractivity contribution in [3.63, 3.8) is 0 Å². The molecule has 0 atom stereocenters. The van der Waals surface area contributed by atoms with Crippen LogP contribution >= 0.6 is 23.1 Å². The predicted octanol–water partition coefficient (Wildman–Crippen LogP) is 2.38. The van der Waals surface area contributed by atoms with E-state index >= 15 is 0 Å². The average Bonchev–Trinajstić information content (AvgIpc) is 2.79. The Bertz CT molecular complexity index is 321. The van der Waals surface area contributed by atoms with Crippen LogP contribution in [-0.4, -0.2) is 35.3 Å². The van der Waals surface area contributed by atoms with Crippen molar-refractivity contribution in [2.24, 2.45) is 5.92 Å². The minimum atomic E-state index is 0.856. The van der Waals surface area contributed by atoms with E-state index in [1.165, 1.54) is 34.4 Å². The molecule has 2 rings (SSSR count). The predicted molar refractivity (Wildman–Crippen MR) is 75.9 cm³/mol. The van der Waals surface area contributed by atoms with E-state index in [2.05, 4.69) is 27.3 Å². The summed E-state index contributed by atoms with van der Waals surface area (Å²) in [4.78, 5) is 0. The molecule has 3 nitrogen and oxygen atoms in total. The van der Waals surface area contributed by atoms with Gasteiger partial charge in [-0.3, -0.25) is 0 Å². The maximum atomic E-state index is 4.33. The average molecular weight is 271 g/mol. The van der Waals surface area contributed by atoms with Gasteiger partial charge in [-0.2, -0.15) is 11.8 Å². The van der Waals surface area contributed by atoms with E-state index in [0.717, 1.165) is 31.7 Å². The quantitative estimate of drug-likeness (QED) is 0.806. The zero-order valence-electron chi connectivity index (χ0n) is 10.4. The summed E-state index contributed by atoms with van der Waals surface area (Å²) in [6, 6.07) is 0. The van der Waals surface area contributed by atoms with E-state index in [0.29, 0.717) is 0 Å². The van der Waals surface area contributed by atoms with E-state index < -0.39 is 0 Å². The lowest BCUT2D eigenvalue weighted by atomic mass is 9.99.